The normalized spacial score (nSPS) is 10.8. The molecule has 5 heteroatoms. The Morgan fingerprint density at radius 1 is 0.923 bits per heavy atom. The van der Waals surface area contributed by atoms with Gasteiger partial charge < -0.3 is 14.5 Å². The average Bonchev–Trinajstić information content (AvgIpc) is 2.66. The Hall–Kier alpha value is -3.60. The summed E-state index contributed by atoms with van der Waals surface area (Å²) in [5.74, 6) is 0.0168. The molecule has 0 saturated heterocycles. The van der Waals surface area contributed by atoms with E-state index in [0.717, 1.165) is 10.8 Å². The second-order valence-corrected chi connectivity index (χ2v) is 5.82. The maximum atomic E-state index is 12.2. The third kappa shape index (κ3) is 3.28. The Balaban J connectivity index is 1.49. The number of anilines is 1. The molecule has 0 unspecified atom stereocenters. The summed E-state index contributed by atoms with van der Waals surface area (Å²) in [7, 11) is 0. The molecule has 1 aromatic heterocycles. The lowest BCUT2D eigenvalue weighted by molar-refractivity contribution is -0.118. The highest BCUT2D eigenvalue weighted by Crippen LogP contribution is 2.23. The first-order valence-electron chi connectivity index (χ1n) is 8.13. The van der Waals surface area contributed by atoms with Crippen molar-refractivity contribution in [2.75, 3.05) is 11.9 Å². The standard InChI is InChI=1S/C21H15NO4/c23-20(22-16-10-9-14-5-1-2-6-15(14)11-16)13-25-19-12-21(24)26-18-8-4-3-7-17(18)19/h1-12H,13H2,(H,22,23). The van der Waals surface area contributed by atoms with Crippen LogP contribution in [0.2, 0.25) is 0 Å². The van der Waals surface area contributed by atoms with Crippen molar-refractivity contribution in [1.29, 1.82) is 0 Å². The number of nitrogens with one attached hydrogen (secondary N) is 1. The van der Waals surface area contributed by atoms with E-state index in [1.807, 2.05) is 48.5 Å². The fraction of sp³-hybridized carbons (Fsp3) is 0.0476. The molecule has 0 radical (unpaired) electrons. The van der Waals surface area contributed by atoms with Gasteiger partial charge in [0.15, 0.2) is 6.61 Å². The Morgan fingerprint density at radius 3 is 2.58 bits per heavy atom. The van der Waals surface area contributed by atoms with Gasteiger partial charge in [0.25, 0.3) is 5.91 Å². The zero-order valence-corrected chi connectivity index (χ0v) is 13.8. The van der Waals surface area contributed by atoms with Crippen LogP contribution in [-0.4, -0.2) is 12.5 Å². The zero-order valence-electron chi connectivity index (χ0n) is 13.8. The van der Waals surface area contributed by atoms with Gasteiger partial charge in [-0.3, -0.25) is 4.79 Å². The SMILES string of the molecule is O=C(COc1cc(=O)oc2ccccc12)Nc1ccc2ccccc2c1. The van der Waals surface area contributed by atoms with Crippen molar-refractivity contribution in [3.05, 3.63) is 83.2 Å². The molecule has 128 valence electrons. The van der Waals surface area contributed by atoms with E-state index in [2.05, 4.69) is 5.32 Å². The van der Waals surface area contributed by atoms with Crippen LogP contribution in [0.5, 0.6) is 5.75 Å². The lowest BCUT2D eigenvalue weighted by Crippen LogP contribution is -2.20. The highest BCUT2D eigenvalue weighted by atomic mass is 16.5. The molecular weight excluding hydrogens is 330 g/mol. The highest BCUT2D eigenvalue weighted by molar-refractivity contribution is 5.95. The van der Waals surface area contributed by atoms with Crippen LogP contribution in [-0.2, 0) is 4.79 Å². The van der Waals surface area contributed by atoms with Crippen molar-refractivity contribution in [3.8, 4) is 5.75 Å². The molecule has 0 bridgehead atoms. The van der Waals surface area contributed by atoms with Crippen molar-refractivity contribution in [2.45, 2.75) is 0 Å². The summed E-state index contributed by atoms with van der Waals surface area (Å²) >= 11 is 0. The lowest BCUT2D eigenvalue weighted by Gasteiger charge is -2.09. The van der Waals surface area contributed by atoms with Crippen LogP contribution in [0.15, 0.2) is 82.0 Å². The van der Waals surface area contributed by atoms with Crippen LogP contribution >= 0.6 is 0 Å². The Bertz CT molecular complexity index is 1160. The number of para-hydroxylation sites is 1. The molecule has 0 saturated carbocycles. The number of amides is 1. The summed E-state index contributed by atoms with van der Waals surface area (Å²) in [5.41, 5.74) is 0.591. The van der Waals surface area contributed by atoms with Crippen LogP contribution in [0, 0.1) is 0 Å². The Kier molecular flexibility index (Phi) is 4.11. The van der Waals surface area contributed by atoms with Crippen LogP contribution in [0.4, 0.5) is 5.69 Å². The van der Waals surface area contributed by atoms with Crippen molar-refractivity contribution >= 4 is 33.3 Å². The number of carbonyl (C=O) groups excluding carboxylic acids is 1. The molecule has 4 aromatic rings. The smallest absolute Gasteiger partial charge is 0.339 e. The van der Waals surface area contributed by atoms with Crippen molar-refractivity contribution in [3.63, 3.8) is 0 Å². The third-order valence-electron chi connectivity index (χ3n) is 4.00. The molecule has 1 amide bonds. The van der Waals surface area contributed by atoms with E-state index >= 15 is 0 Å². The summed E-state index contributed by atoms with van der Waals surface area (Å²) < 4.78 is 10.7. The molecule has 3 aromatic carbocycles. The Labute approximate surface area is 148 Å². The fourth-order valence-electron chi connectivity index (χ4n) is 2.81. The highest BCUT2D eigenvalue weighted by Gasteiger charge is 2.09. The van der Waals surface area contributed by atoms with Gasteiger partial charge >= 0.3 is 5.63 Å². The number of ether oxygens (including phenoxy) is 1. The molecular formula is C21H15NO4. The molecule has 4 rings (SSSR count). The summed E-state index contributed by atoms with van der Waals surface area (Å²) in [6.45, 7) is -0.208. The van der Waals surface area contributed by atoms with Gasteiger partial charge in [-0.2, -0.15) is 0 Å². The number of hydrogen-bond donors (Lipinski definition) is 1. The summed E-state index contributed by atoms with van der Waals surface area (Å²) in [4.78, 5) is 23.8. The van der Waals surface area contributed by atoms with E-state index in [0.29, 0.717) is 22.4 Å². The van der Waals surface area contributed by atoms with Crippen LogP contribution in [0.1, 0.15) is 0 Å². The van der Waals surface area contributed by atoms with Gasteiger partial charge in [-0.15, -0.1) is 0 Å². The monoisotopic (exact) mass is 345 g/mol. The summed E-state index contributed by atoms with van der Waals surface area (Å²) in [5, 5.41) is 5.59. The zero-order chi connectivity index (χ0) is 17.9. The molecule has 1 heterocycles. The van der Waals surface area contributed by atoms with Crippen LogP contribution in [0.25, 0.3) is 21.7 Å². The van der Waals surface area contributed by atoms with Crippen LogP contribution in [0.3, 0.4) is 0 Å². The molecule has 0 atom stereocenters. The van der Waals surface area contributed by atoms with Gasteiger partial charge in [0.05, 0.1) is 11.5 Å². The summed E-state index contributed by atoms with van der Waals surface area (Å²) in [6.07, 6.45) is 0. The molecule has 0 aliphatic heterocycles. The second kappa shape index (κ2) is 6.72. The van der Waals surface area contributed by atoms with Gasteiger partial charge in [0.2, 0.25) is 0 Å². The maximum absolute atomic E-state index is 12.2. The molecule has 0 aliphatic rings. The predicted molar refractivity (Wildman–Crippen MR) is 101 cm³/mol. The summed E-state index contributed by atoms with van der Waals surface area (Å²) in [6, 6.07) is 21.9. The van der Waals surface area contributed by atoms with E-state index in [4.69, 9.17) is 9.15 Å². The molecule has 26 heavy (non-hydrogen) atoms. The maximum Gasteiger partial charge on any atom is 0.339 e. The third-order valence-corrected chi connectivity index (χ3v) is 4.00. The predicted octanol–water partition coefficient (Wildman–Crippen LogP) is 3.96. The van der Waals surface area contributed by atoms with E-state index in [1.54, 1.807) is 18.2 Å². The Morgan fingerprint density at radius 2 is 1.69 bits per heavy atom. The lowest BCUT2D eigenvalue weighted by atomic mass is 10.1. The van der Waals surface area contributed by atoms with Crippen molar-refractivity contribution in [1.82, 2.24) is 0 Å². The number of rotatable bonds is 4. The average molecular weight is 345 g/mol. The molecule has 0 spiro atoms. The number of fused-ring (bicyclic) bond motifs is 2. The van der Waals surface area contributed by atoms with E-state index in [9.17, 15) is 9.59 Å². The minimum Gasteiger partial charge on any atom is -0.483 e. The topological polar surface area (TPSA) is 68.5 Å². The van der Waals surface area contributed by atoms with Crippen molar-refractivity contribution in [2.24, 2.45) is 0 Å². The van der Waals surface area contributed by atoms with Crippen LogP contribution < -0.4 is 15.7 Å². The molecule has 1 N–H and O–H groups in total. The van der Waals surface area contributed by atoms with Gasteiger partial charge in [-0.25, -0.2) is 4.79 Å². The largest absolute Gasteiger partial charge is 0.483 e. The quantitative estimate of drug-likeness (QED) is 0.568. The first-order chi connectivity index (χ1) is 12.7. The van der Waals surface area contributed by atoms with Gasteiger partial charge in [-0.1, -0.05) is 42.5 Å². The van der Waals surface area contributed by atoms with Gasteiger partial charge in [0.1, 0.15) is 11.3 Å². The molecule has 5 nitrogen and oxygen atoms in total. The number of benzene rings is 3. The second-order valence-electron chi connectivity index (χ2n) is 5.82. The van der Waals surface area contributed by atoms with Gasteiger partial charge in [0, 0.05) is 5.69 Å². The minimum atomic E-state index is -0.520. The van der Waals surface area contributed by atoms with E-state index in [1.165, 1.54) is 6.07 Å². The van der Waals surface area contributed by atoms with E-state index < -0.39 is 5.63 Å². The molecule has 0 fully saturated rings. The molecule has 0 aliphatic carbocycles. The number of hydrogen-bond acceptors (Lipinski definition) is 4. The van der Waals surface area contributed by atoms with E-state index in [-0.39, 0.29) is 12.5 Å². The fourth-order valence-corrected chi connectivity index (χ4v) is 2.81. The van der Waals surface area contributed by atoms with Crippen molar-refractivity contribution < 1.29 is 13.9 Å². The minimum absolute atomic E-state index is 0.208. The number of carbonyl (C=O) groups is 1. The first kappa shape index (κ1) is 15.9. The first-order valence-corrected chi connectivity index (χ1v) is 8.13. The van der Waals surface area contributed by atoms with Gasteiger partial charge in [-0.05, 0) is 35.0 Å².